The lowest BCUT2D eigenvalue weighted by molar-refractivity contribution is 0.575. The highest BCUT2D eigenvalue weighted by molar-refractivity contribution is 7.92. The SMILES string of the molecule is CCC(C)S(=O)(=O)CC(C)N. The summed E-state index contributed by atoms with van der Waals surface area (Å²) in [4.78, 5) is 0. The molecular formula is C7H17NO2S. The Hall–Kier alpha value is -0.0900. The molecule has 11 heavy (non-hydrogen) atoms. The Balaban J connectivity index is 4.23. The summed E-state index contributed by atoms with van der Waals surface area (Å²) >= 11 is 0. The lowest BCUT2D eigenvalue weighted by atomic mass is 10.4. The molecule has 0 saturated heterocycles. The van der Waals surface area contributed by atoms with Gasteiger partial charge in [-0.05, 0) is 20.3 Å². The van der Waals surface area contributed by atoms with E-state index >= 15 is 0 Å². The van der Waals surface area contributed by atoms with Crippen molar-refractivity contribution in [3.05, 3.63) is 0 Å². The van der Waals surface area contributed by atoms with E-state index in [1.54, 1.807) is 13.8 Å². The van der Waals surface area contributed by atoms with Crippen molar-refractivity contribution in [2.45, 2.75) is 38.5 Å². The molecule has 0 spiro atoms. The number of nitrogens with two attached hydrogens (primary N) is 1. The summed E-state index contributed by atoms with van der Waals surface area (Å²) in [6.07, 6.45) is 0.662. The van der Waals surface area contributed by atoms with Gasteiger partial charge in [-0.25, -0.2) is 8.42 Å². The molecule has 0 amide bonds. The van der Waals surface area contributed by atoms with Gasteiger partial charge in [0.05, 0.1) is 11.0 Å². The van der Waals surface area contributed by atoms with E-state index in [2.05, 4.69) is 0 Å². The molecule has 3 nitrogen and oxygen atoms in total. The molecule has 4 heteroatoms. The second-order valence-corrected chi connectivity index (χ2v) is 5.49. The van der Waals surface area contributed by atoms with E-state index in [9.17, 15) is 8.42 Å². The highest BCUT2D eigenvalue weighted by Crippen LogP contribution is 2.06. The Kier molecular flexibility index (Phi) is 4.03. The third kappa shape index (κ3) is 3.72. The van der Waals surface area contributed by atoms with Crippen molar-refractivity contribution < 1.29 is 8.42 Å². The van der Waals surface area contributed by atoms with E-state index in [1.165, 1.54) is 0 Å². The van der Waals surface area contributed by atoms with Crippen molar-refractivity contribution in [2.75, 3.05) is 5.75 Å². The molecule has 0 aliphatic heterocycles. The zero-order chi connectivity index (χ0) is 9.07. The van der Waals surface area contributed by atoms with Crippen LogP contribution in [0, 0.1) is 0 Å². The Morgan fingerprint density at radius 2 is 1.82 bits per heavy atom. The highest BCUT2D eigenvalue weighted by atomic mass is 32.2. The van der Waals surface area contributed by atoms with Crippen LogP contribution in [0.25, 0.3) is 0 Å². The Morgan fingerprint density at radius 1 is 1.36 bits per heavy atom. The average molecular weight is 179 g/mol. The first-order chi connectivity index (χ1) is 4.90. The minimum absolute atomic E-state index is 0.0992. The monoisotopic (exact) mass is 179 g/mol. The largest absolute Gasteiger partial charge is 0.327 e. The van der Waals surface area contributed by atoms with Crippen molar-refractivity contribution in [3.63, 3.8) is 0 Å². The van der Waals surface area contributed by atoms with Crippen molar-refractivity contribution in [1.29, 1.82) is 0 Å². The highest BCUT2D eigenvalue weighted by Gasteiger charge is 2.19. The smallest absolute Gasteiger partial charge is 0.154 e. The van der Waals surface area contributed by atoms with Crippen molar-refractivity contribution in [1.82, 2.24) is 0 Å². The molecule has 2 unspecified atom stereocenters. The molecule has 0 rings (SSSR count). The van der Waals surface area contributed by atoms with Gasteiger partial charge in [0.15, 0.2) is 9.84 Å². The third-order valence-electron chi connectivity index (χ3n) is 1.68. The van der Waals surface area contributed by atoms with Crippen LogP contribution in [-0.4, -0.2) is 25.5 Å². The molecule has 0 saturated carbocycles. The van der Waals surface area contributed by atoms with Crippen molar-refractivity contribution in [2.24, 2.45) is 5.73 Å². The standard InChI is InChI=1S/C7H17NO2S/c1-4-7(3)11(9,10)5-6(2)8/h6-7H,4-5,8H2,1-3H3. The van der Waals surface area contributed by atoms with Crippen LogP contribution < -0.4 is 5.73 Å². The maximum absolute atomic E-state index is 11.3. The number of hydrogen-bond acceptors (Lipinski definition) is 3. The van der Waals surface area contributed by atoms with Gasteiger partial charge >= 0.3 is 0 Å². The predicted molar refractivity (Wildman–Crippen MR) is 47.2 cm³/mol. The van der Waals surface area contributed by atoms with Gasteiger partial charge in [-0.3, -0.25) is 0 Å². The molecular weight excluding hydrogens is 162 g/mol. The molecule has 2 atom stereocenters. The maximum Gasteiger partial charge on any atom is 0.154 e. The van der Waals surface area contributed by atoms with E-state index in [-0.39, 0.29) is 17.0 Å². The van der Waals surface area contributed by atoms with E-state index in [0.29, 0.717) is 6.42 Å². The van der Waals surface area contributed by atoms with Crippen LogP contribution >= 0.6 is 0 Å². The predicted octanol–water partition coefficient (Wildman–Crippen LogP) is 0.547. The van der Waals surface area contributed by atoms with Gasteiger partial charge in [0.2, 0.25) is 0 Å². The summed E-state index contributed by atoms with van der Waals surface area (Å²) < 4.78 is 22.6. The van der Waals surface area contributed by atoms with Gasteiger partial charge in [0, 0.05) is 6.04 Å². The second-order valence-electron chi connectivity index (χ2n) is 3.03. The molecule has 0 radical (unpaired) electrons. The normalized spacial score (nSPS) is 17.8. The van der Waals surface area contributed by atoms with Crippen LogP contribution in [0.3, 0.4) is 0 Å². The fourth-order valence-corrected chi connectivity index (χ4v) is 2.35. The van der Waals surface area contributed by atoms with E-state index in [1.807, 2.05) is 6.92 Å². The Bertz CT molecular complexity index is 196. The zero-order valence-electron chi connectivity index (χ0n) is 7.37. The number of rotatable bonds is 4. The minimum atomic E-state index is -2.93. The maximum atomic E-state index is 11.3. The van der Waals surface area contributed by atoms with Crippen LogP contribution in [0.2, 0.25) is 0 Å². The fourth-order valence-electron chi connectivity index (χ4n) is 0.785. The van der Waals surface area contributed by atoms with Crippen LogP contribution in [0.5, 0.6) is 0 Å². The molecule has 2 N–H and O–H groups in total. The third-order valence-corrected chi connectivity index (χ3v) is 4.23. The summed E-state index contributed by atoms with van der Waals surface area (Å²) in [6.45, 7) is 5.29. The number of sulfone groups is 1. The summed E-state index contributed by atoms with van der Waals surface area (Å²) in [5.74, 6) is 0.0992. The quantitative estimate of drug-likeness (QED) is 0.685. The van der Waals surface area contributed by atoms with Crippen LogP contribution in [0.4, 0.5) is 0 Å². The van der Waals surface area contributed by atoms with E-state index in [4.69, 9.17) is 5.73 Å². The van der Waals surface area contributed by atoms with Gasteiger partial charge in [0.1, 0.15) is 0 Å². The number of hydrogen-bond donors (Lipinski definition) is 1. The van der Waals surface area contributed by atoms with Crippen LogP contribution in [0.1, 0.15) is 27.2 Å². The molecule has 0 aromatic heterocycles. The second kappa shape index (κ2) is 4.07. The summed E-state index contributed by atoms with van der Waals surface area (Å²) in [5.41, 5.74) is 5.39. The molecule has 0 fully saturated rings. The average Bonchev–Trinajstić information content (AvgIpc) is 1.83. The minimum Gasteiger partial charge on any atom is -0.327 e. The molecule has 0 aromatic carbocycles. The topological polar surface area (TPSA) is 60.2 Å². The van der Waals surface area contributed by atoms with E-state index < -0.39 is 9.84 Å². The summed E-state index contributed by atoms with van der Waals surface area (Å²) in [7, 11) is -2.93. The van der Waals surface area contributed by atoms with Gasteiger partial charge in [-0.1, -0.05) is 6.92 Å². The van der Waals surface area contributed by atoms with Gasteiger partial charge < -0.3 is 5.73 Å². The molecule has 68 valence electrons. The first kappa shape index (κ1) is 10.9. The van der Waals surface area contributed by atoms with Gasteiger partial charge in [-0.2, -0.15) is 0 Å². The molecule has 0 aromatic rings. The summed E-state index contributed by atoms with van der Waals surface area (Å²) in [5, 5.41) is -0.256. The van der Waals surface area contributed by atoms with Gasteiger partial charge in [0.25, 0.3) is 0 Å². The Morgan fingerprint density at radius 3 is 2.09 bits per heavy atom. The lowest BCUT2D eigenvalue weighted by Gasteiger charge is -2.11. The summed E-state index contributed by atoms with van der Waals surface area (Å²) in [6, 6.07) is -0.256. The first-order valence-electron chi connectivity index (χ1n) is 3.87. The van der Waals surface area contributed by atoms with Crippen LogP contribution in [-0.2, 0) is 9.84 Å². The van der Waals surface area contributed by atoms with Crippen LogP contribution in [0.15, 0.2) is 0 Å². The van der Waals surface area contributed by atoms with E-state index in [0.717, 1.165) is 0 Å². The first-order valence-corrected chi connectivity index (χ1v) is 5.58. The molecule has 0 aliphatic rings. The lowest BCUT2D eigenvalue weighted by Crippen LogP contribution is -2.31. The van der Waals surface area contributed by atoms with Crippen molar-refractivity contribution >= 4 is 9.84 Å². The molecule has 0 aliphatic carbocycles. The molecule has 0 heterocycles. The van der Waals surface area contributed by atoms with Gasteiger partial charge in [-0.15, -0.1) is 0 Å². The molecule has 0 bridgehead atoms. The fraction of sp³-hybridized carbons (Fsp3) is 1.00. The zero-order valence-corrected chi connectivity index (χ0v) is 8.19. The van der Waals surface area contributed by atoms with Crippen molar-refractivity contribution in [3.8, 4) is 0 Å². The Labute approximate surface area is 68.9 Å².